The zero-order chi connectivity index (χ0) is 21.9. The van der Waals surface area contributed by atoms with Crippen LogP contribution >= 0.6 is 0 Å². The van der Waals surface area contributed by atoms with Crippen LogP contribution in [0.3, 0.4) is 0 Å². The molecular formula is C19H26N2O8. The molecule has 0 bridgehead atoms. The second-order valence-corrected chi connectivity index (χ2v) is 6.85. The number of aromatic amines is 1. The number of carbonyl (C=O) groups excluding carboxylic acids is 1. The molecule has 10 heteroatoms. The van der Waals surface area contributed by atoms with Crippen LogP contribution in [0.4, 0.5) is 0 Å². The maximum atomic E-state index is 12.5. The second-order valence-electron chi connectivity index (χ2n) is 6.85. The van der Waals surface area contributed by atoms with Crippen molar-refractivity contribution in [3.05, 3.63) is 43.5 Å². The van der Waals surface area contributed by atoms with Gasteiger partial charge in [-0.05, 0) is 43.5 Å². The normalized spacial score (nSPS) is 14.6. The first-order chi connectivity index (χ1) is 13.6. The molecule has 0 unspecified atom stereocenters. The molecule has 1 aromatic carbocycles. The Kier molecular flexibility index (Phi) is 7.31. The fourth-order valence-corrected chi connectivity index (χ4v) is 3.18. The van der Waals surface area contributed by atoms with Crippen LogP contribution < -0.4 is 11.1 Å². The van der Waals surface area contributed by atoms with Crippen LogP contribution in [-0.4, -0.2) is 67.5 Å². The fraction of sp³-hybridized carbons (Fsp3) is 0.526. The molecule has 0 aliphatic heterocycles. The van der Waals surface area contributed by atoms with Crippen LogP contribution in [0.1, 0.15) is 23.6 Å². The number of carbonyl (C=O) groups is 1. The summed E-state index contributed by atoms with van der Waals surface area (Å²) in [5.41, 5.74) is 0.487. The van der Waals surface area contributed by atoms with E-state index in [0.717, 1.165) is 10.1 Å². The number of aromatic nitrogens is 2. The summed E-state index contributed by atoms with van der Waals surface area (Å²) in [7, 11) is 0. The van der Waals surface area contributed by atoms with Crippen molar-refractivity contribution < 1.29 is 30.0 Å². The summed E-state index contributed by atoms with van der Waals surface area (Å²) >= 11 is 0. The maximum absolute atomic E-state index is 12.5. The lowest BCUT2D eigenvalue weighted by atomic mass is 9.98. The molecule has 2 aromatic rings. The molecule has 1 heterocycles. The molecule has 2 rings (SSSR count). The number of hydrogen-bond acceptors (Lipinski definition) is 8. The van der Waals surface area contributed by atoms with Gasteiger partial charge in [0.1, 0.15) is 18.3 Å². The molecule has 0 fully saturated rings. The summed E-state index contributed by atoms with van der Waals surface area (Å²) in [4.78, 5) is 39.2. The number of H-pyrrole nitrogens is 1. The van der Waals surface area contributed by atoms with Gasteiger partial charge in [-0.3, -0.25) is 19.0 Å². The molecule has 1 aromatic heterocycles. The van der Waals surface area contributed by atoms with Crippen LogP contribution in [0.25, 0.3) is 11.0 Å². The average Bonchev–Trinajstić information content (AvgIpc) is 2.67. The van der Waals surface area contributed by atoms with Gasteiger partial charge in [0.2, 0.25) is 0 Å². The Bertz CT molecular complexity index is 1010. The number of aryl methyl sites for hydroxylation is 1. The largest absolute Gasteiger partial charge is 0.466 e. The lowest BCUT2D eigenvalue weighted by Crippen LogP contribution is -2.45. The van der Waals surface area contributed by atoms with E-state index in [4.69, 9.17) is 9.84 Å². The van der Waals surface area contributed by atoms with Crippen LogP contribution in [0.5, 0.6) is 0 Å². The summed E-state index contributed by atoms with van der Waals surface area (Å²) in [5.74, 6) is -0.524. The Labute approximate surface area is 166 Å². The second kappa shape index (κ2) is 9.31. The van der Waals surface area contributed by atoms with Crippen molar-refractivity contribution in [3.8, 4) is 0 Å². The summed E-state index contributed by atoms with van der Waals surface area (Å²) in [6.45, 7) is 4.05. The van der Waals surface area contributed by atoms with Gasteiger partial charge in [-0.25, -0.2) is 0 Å². The predicted molar refractivity (Wildman–Crippen MR) is 104 cm³/mol. The number of aliphatic hydroxyl groups excluding tert-OH is 4. The molecule has 5 N–H and O–H groups in total. The smallest absolute Gasteiger partial charge is 0.316 e. The van der Waals surface area contributed by atoms with E-state index in [1.807, 2.05) is 0 Å². The first-order valence-corrected chi connectivity index (χ1v) is 9.18. The summed E-state index contributed by atoms with van der Waals surface area (Å²) in [5, 5.41) is 38.7. The first kappa shape index (κ1) is 22.8. The van der Waals surface area contributed by atoms with Crippen molar-refractivity contribution in [2.24, 2.45) is 0 Å². The molecule has 0 amide bonds. The standard InChI is InChI=1S/C19H26N2O8/c1-4-29-15(25)6-11-10(3)9(2)5-12-16(11)21(19(28)18(27)20-12)7-13(23)17(26)14(24)8-22/h5,13-14,17,22-24,26H,4,6-8H2,1-3H3,(H,20,27)/t13-,14+,17-/m0/s1. The van der Waals surface area contributed by atoms with Gasteiger partial charge >= 0.3 is 17.1 Å². The van der Waals surface area contributed by atoms with E-state index in [-0.39, 0.29) is 24.1 Å². The predicted octanol–water partition coefficient (Wildman–Crippen LogP) is -1.51. The number of esters is 1. The van der Waals surface area contributed by atoms with Crippen molar-refractivity contribution in [2.75, 3.05) is 13.2 Å². The average molecular weight is 410 g/mol. The molecular weight excluding hydrogens is 384 g/mol. The van der Waals surface area contributed by atoms with Gasteiger partial charge in [0, 0.05) is 0 Å². The Morgan fingerprint density at radius 1 is 1.21 bits per heavy atom. The zero-order valence-electron chi connectivity index (χ0n) is 16.5. The monoisotopic (exact) mass is 410 g/mol. The van der Waals surface area contributed by atoms with Gasteiger partial charge in [-0.1, -0.05) is 0 Å². The lowest BCUT2D eigenvalue weighted by molar-refractivity contribution is -0.142. The van der Waals surface area contributed by atoms with E-state index in [2.05, 4.69) is 4.98 Å². The number of nitrogens with one attached hydrogen (secondary N) is 1. The van der Waals surface area contributed by atoms with E-state index in [1.165, 1.54) is 0 Å². The van der Waals surface area contributed by atoms with E-state index in [0.29, 0.717) is 11.1 Å². The van der Waals surface area contributed by atoms with Crippen molar-refractivity contribution in [3.63, 3.8) is 0 Å². The number of hydrogen-bond donors (Lipinski definition) is 5. The fourth-order valence-electron chi connectivity index (χ4n) is 3.18. The summed E-state index contributed by atoms with van der Waals surface area (Å²) in [6.07, 6.45) is -5.20. The van der Waals surface area contributed by atoms with Gasteiger partial charge in [0.05, 0.1) is 37.2 Å². The third kappa shape index (κ3) is 4.73. The van der Waals surface area contributed by atoms with Gasteiger partial charge in [-0.2, -0.15) is 0 Å². The van der Waals surface area contributed by atoms with Gasteiger partial charge in [0.25, 0.3) is 0 Å². The minimum Gasteiger partial charge on any atom is -0.466 e. The number of fused-ring (bicyclic) bond motifs is 1. The van der Waals surface area contributed by atoms with E-state index in [9.17, 15) is 29.7 Å². The van der Waals surface area contributed by atoms with E-state index >= 15 is 0 Å². The van der Waals surface area contributed by atoms with Gasteiger partial charge in [0.15, 0.2) is 0 Å². The Morgan fingerprint density at radius 2 is 1.86 bits per heavy atom. The molecule has 160 valence electrons. The maximum Gasteiger partial charge on any atom is 0.316 e. The SMILES string of the molecule is CCOC(=O)Cc1c(C)c(C)cc2[nH]c(=O)c(=O)n(C[C@H](O)[C@H](O)[C@H](O)CO)c12. The summed E-state index contributed by atoms with van der Waals surface area (Å²) in [6, 6.07) is 1.64. The number of aliphatic hydroxyl groups is 4. The van der Waals surface area contributed by atoms with Crippen LogP contribution in [0.2, 0.25) is 0 Å². The minimum atomic E-state index is -1.75. The van der Waals surface area contributed by atoms with Crippen LogP contribution in [0, 0.1) is 13.8 Å². The number of benzene rings is 1. The zero-order valence-corrected chi connectivity index (χ0v) is 16.5. The van der Waals surface area contributed by atoms with Crippen molar-refractivity contribution in [1.82, 2.24) is 9.55 Å². The molecule has 10 nitrogen and oxygen atoms in total. The van der Waals surface area contributed by atoms with Crippen molar-refractivity contribution in [1.29, 1.82) is 0 Å². The van der Waals surface area contributed by atoms with Crippen molar-refractivity contribution >= 4 is 17.0 Å². The molecule has 0 spiro atoms. The highest BCUT2D eigenvalue weighted by Gasteiger charge is 2.27. The molecule has 0 aliphatic rings. The van der Waals surface area contributed by atoms with E-state index < -0.39 is 48.6 Å². The highest BCUT2D eigenvalue weighted by molar-refractivity contribution is 5.86. The Balaban J connectivity index is 2.71. The first-order valence-electron chi connectivity index (χ1n) is 9.18. The lowest BCUT2D eigenvalue weighted by Gasteiger charge is -2.24. The third-order valence-electron chi connectivity index (χ3n) is 4.88. The minimum absolute atomic E-state index is 0.165. The molecule has 0 saturated carbocycles. The molecule has 0 aliphatic carbocycles. The van der Waals surface area contributed by atoms with Gasteiger partial charge < -0.3 is 30.1 Å². The Hall–Kier alpha value is -2.53. The third-order valence-corrected chi connectivity index (χ3v) is 4.88. The van der Waals surface area contributed by atoms with Crippen LogP contribution in [0.15, 0.2) is 15.7 Å². The summed E-state index contributed by atoms with van der Waals surface area (Å²) < 4.78 is 5.97. The topological polar surface area (TPSA) is 162 Å². The van der Waals surface area contributed by atoms with Gasteiger partial charge in [-0.15, -0.1) is 0 Å². The number of rotatable bonds is 8. The molecule has 0 radical (unpaired) electrons. The highest BCUT2D eigenvalue weighted by atomic mass is 16.5. The van der Waals surface area contributed by atoms with E-state index in [1.54, 1.807) is 26.8 Å². The highest BCUT2D eigenvalue weighted by Crippen LogP contribution is 2.24. The van der Waals surface area contributed by atoms with Crippen molar-refractivity contribution in [2.45, 2.75) is 52.0 Å². The molecule has 0 saturated heterocycles. The number of nitrogens with zero attached hydrogens (tertiary/aromatic N) is 1. The van der Waals surface area contributed by atoms with Crippen LogP contribution in [-0.2, 0) is 22.5 Å². The number of ether oxygens (including phenoxy) is 1. The molecule has 3 atom stereocenters. The molecule has 29 heavy (non-hydrogen) atoms. The Morgan fingerprint density at radius 3 is 2.45 bits per heavy atom. The quantitative estimate of drug-likeness (QED) is 0.259.